The summed E-state index contributed by atoms with van der Waals surface area (Å²) in [5.74, 6) is -0.532. The second-order valence-electron chi connectivity index (χ2n) is 8.31. The van der Waals surface area contributed by atoms with E-state index in [9.17, 15) is 9.90 Å². The zero-order chi connectivity index (χ0) is 23.9. The minimum atomic E-state index is -1.70. The van der Waals surface area contributed by atoms with Gasteiger partial charge in [0.1, 0.15) is 0 Å². The van der Waals surface area contributed by atoms with Crippen LogP contribution in [0.2, 0.25) is 5.02 Å². The smallest absolute Gasteiger partial charge is 0.260 e. The maximum Gasteiger partial charge on any atom is 0.260 e. The molecular weight excluding hydrogens is 450 g/mol. The number of aliphatic hydroxyl groups is 1. The molecule has 2 N–H and O–H groups in total. The average molecular weight is 472 g/mol. The summed E-state index contributed by atoms with van der Waals surface area (Å²) < 4.78 is 3.80. The van der Waals surface area contributed by atoms with Gasteiger partial charge in [-0.05, 0) is 42.8 Å². The molecule has 0 fully saturated rings. The molecule has 2 aromatic carbocycles. The lowest BCUT2D eigenvalue weighted by Gasteiger charge is -2.23. The fourth-order valence-corrected chi connectivity index (χ4v) is 3.98. The van der Waals surface area contributed by atoms with Crippen LogP contribution in [0.5, 0.6) is 0 Å². The van der Waals surface area contributed by atoms with Crippen LogP contribution < -0.4 is 5.32 Å². The van der Waals surface area contributed by atoms with Crippen LogP contribution in [0.15, 0.2) is 85.6 Å². The Labute approximate surface area is 201 Å². The molecule has 5 rings (SSSR count). The monoisotopic (exact) mass is 471 g/mol. The molecular formula is C26H22ClN5O2. The molecule has 34 heavy (non-hydrogen) atoms. The zero-order valence-electron chi connectivity index (χ0n) is 18.6. The minimum Gasteiger partial charge on any atom is -0.376 e. The Kier molecular flexibility index (Phi) is 5.43. The highest BCUT2D eigenvalue weighted by atomic mass is 35.5. The second kappa shape index (κ2) is 8.44. The van der Waals surface area contributed by atoms with Crippen molar-refractivity contribution in [3.63, 3.8) is 0 Å². The number of aromatic nitrogens is 4. The van der Waals surface area contributed by atoms with Crippen molar-refractivity contribution in [3.8, 4) is 22.4 Å². The minimum absolute atomic E-state index is 0.458. The Bertz CT molecular complexity index is 1480. The number of nitrogens with zero attached hydrogens (tertiary/aromatic N) is 4. The van der Waals surface area contributed by atoms with Crippen LogP contribution in [0.1, 0.15) is 12.5 Å². The topological polar surface area (TPSA) is 84.5 Å². The van der Waals surface area contributed by atoms with Gasteiger partial charge >= 0.3 is 0 Å². The number of aryl methyl sites for hydroxylation is 1. The predicted octanol–water partition coefficient (Wildman–Crippen LogP) is 4.90. The van der Waals surface area contributed by atoms with E-state index in [1.54, 1.807) is 47.3 Å². The summed E-state index contributed by atoms with van der Waals surface area (Å²) in [7, 11) is 1.89. The predicted molar refractivity (Wildman–Crippen MR) is 132 cm³/mol. The van der Waals surface area contributed by atoms with Crippen molar-refractivity contribution in [2.24, 2.45) is 7.05 Å². The molecule has 0 aliphatic carbocycles. The molecule has 3 aromatic heterocycles. The molecule has 0 aliphatic rings. The second-order valence-corrected chi connectivity index (χ2v) is 8.75. The Morgan fingerprint density at radius 2 is 1.76 bits per heavy atom. The lowest BCUT2D eigenvalue weighted by Crippen LogP contribution is -2.37. The molecule has 1 atom stereocenters. The van der Waals surface area contributed by atoms with Gasteiger partial charge in [-0.25, -0.2) is 0 Å². The van der Waals surface area contributed by atoms with E-state index in [-0.39, 0.29) is 0 Å². The highest BCUT2D eigenvalue weighted by Gasteiger charge is 2.32. The third kappa shape index (κ3) is 4.07. The van der Waals surface area contributed by atoms with Gasteiger partial charge in [-0.15, -0.1) is 0 Å². The van der Waals surface area contributed by atoms with E-state index in [0.717, 1.165) is 27.9 Å². The van der Waals surface area contributed by atoms with Gasteiger partial charge in [0.15, 0.2) is 5.60 Å². The molecule has 0 radical (unpaired) electrons. The Hall–Kier alpha value is -3.94. The molecule has 0 unspecified atom stereocenters. The lowest BCUT2D eigenvalue weighted by molar-refractivity contribution is -0.133. The number of rotatable bonds is 5. The molecule has 7 nitrogen and oxygen atoms in total. The van der Waals surface area contributed by atoms with Gasteiger partial charge < -0.3 is 14.8 Å². The third-order valence-corrected chi connectivity index (χ3v) is 6.08. The van der Waals surface area contributed by atoms with Crippen LogP contribution in [0, 0.1) is 0 Å². The van der Waals surface area contributed by atoms with Crippen LogP contribution in [-0.4, -0.2) is 30.2 Å². The fraction of sp³-hybridized carbons (Fsp3) is 0.115. The number of carbonyl (C=O) groups is 1. The van der Waals surface area contributed by atoms with Gasteiger partial charge in [0, 0.05) is 59.2 Å². The Morgan fingerprint density at radius 1 is 1.03 bits per heavy atom. The number of nitrogens with one attached hydrogen (secondary N) is 1. The van der Waals surface area contributed by atoms with E-state index in [4.69, 9.17) is 11.6 Å². The molecule has 3 heterocycles. The SMILES string of the molecule is Cn1cc(-c2cc3c(-c4ccc(NC(=O)[C@](C)(O)c5ccc(Cl)cc5)cc4)nccn3c2)cn1. The van der Waals surface area contributed by atoms with Gasteiger partial charge in [-0.1, -0.05) is 35.9 Å². The average Bonchev–Trinajstić information content (AvgIpc) is 3.46. The van der Waals surface area contributed by atoms with Gasteiger partial charge in [0.05, 0.1) is 17.4 Å². The number of benzene rings is 2. The lowest BCUT2D eigenvalue weighted by atomic mass is 9.95. The summed E-state index contributed by atoms with van der Waals surface area (Å²) in [6.07, 6.45) is 9.52. The first-order chi connectivity index (χ1) is 16.3. The molecule has 0 spiro atoms. The summed E-state index contributed by atoms with van der Waals surface area (Å²) in [6, 6.07) is 16.0. The number of carbonyl (C=O) groups excluding carboxylic acids is 1. The van der Waals surface area contributed by atoms with Crippen molar-refractivity contribution in [2.45, 2.75) is 12.5 Å². The van der Waals surface area contributed by atoms with E-state index in [2.05, 4.69) is 21.5 Å². The zero-order valence-corrected chi connectivity index (χ0v) is 19.4. The quantitative estimate of drug-likeness (QED) is 0.382. The number of fused-ring (bicyclic) bond motifs is 1. The summed E-state index contributed by atoms with van der Waals surface area (Å²) in [6.45, 7) is 1.46. The molecule has 0 saturated carbocycles. The van der Waals surface area contributed by atoms with E-state index in [1.807, 2.05) is 48.4 Å². The van der Waals surface area contributed by atoms with Gasteiger partial charge in [-0.2, -0.15) is 5.10 Å². The van der Waals surface area contributed by atoms with Crippen molar-refractivity contribution >= 4 is 28.7 Å². The van der Waals surface area contributed by atoms with Crippen LogP contribution >= 0.6 is 11.6 Å². The Balaban J connectivity index is 1.39. The highest BCUT2D eigenvalue weighted by Crippen LogP contribution is 2.30. The maximum absolute atomic E-state index is 12.8. The largest absolute Gasteiger partial charge is 0.376 e. The van der Waals surface area contributed by atoms with Crippen LogP contribution in [0.3, 0.4) is 0 Å². The van der Waals surface area contributed by atoms with Gasteiger partial charge in [0.25, 0.3) is 5.91 Å². The summed E-state index contributed by atoms with van der Waals surface area (Å²) in [4.78, 5) is 17.4. The molecule has 170 valence electrons. The maximum atomic E-state index is 12.8. The fourth-order valence-electron chi connectivity index (χ4n) is 3.86. The first-order valence-corrected chi connectivity index (χ1v) is 11.0. The number of hydrogen-bond acceptors (Lipinski definition) is 4. The summed E-state index contributed by atoms with van der Waals surface area (Å²) in [5, 5.41) is 18.4. The standard InChI is InChI=1S/C26H22ClN5O2/c1-26(34,20-5-7-21(27)8-6-20)25(33)30-22-9-3-17(4-10-22)24-23-13-18(16-32(23)12-11-28-24)19-14-29-31(2)15-19/h3-16,34H,1-2H3,(H,30,33)/t26-/m1/s1. The molecule has 1 amide bonds. The molecule has 0 saturated heterocycles. The molecule has 8 heteroatoms. The van der Waals surface area contributed by atoms with E-state index in [1.165, 1.54) is 6.92 Å². The van der Waals surface area contributed by atoms with Crippen molar-refractivity contribution in [3.05, 3.63) is 96.2 Å². The number of anilines is 1. The van der Waals surface area contributed by atoms with Gasteiger partial charge in [-0.3, -0.25) is 14.5 Å². The molecule has 0 aliphatic heterocycles. The molecule has 5 aromatic rings. The summed E-state index contributed by atoms with van der Waals surface area (Å²) >= 11 is 5.91. The highest BCUT2D eigenvalue weighted by molar-refractivity contribution is 6.30. The normalized spacial score (nSPS) is 13.1. The van der Waals surface area contributed by atoms with Crippen molar-refractivity contribution in [1.82, 2.24) is 19.2 Å². The van der Waals surface area contributed by atoms with Crippen LogP contribution in [0.4, 0.5) is 5.69 Å². The van der Waals surface area contributed by atoms with E-state index < -0.39 is 11.5 Å². The summed E-state index contributed by atoms with van der Waals surface area (Å²) in [5.41, 5.74) is 4.10. The third-order valence-electron chi connectivity index (χ3n) is 5.82. The number of hydrogen-bond donors (Lipinski definition) is 2. The molecule has 0 bridgehead atoms. The van der Waals surface area contributed by atoms with Crippen molar-refractivity contribution < 1.29 is 9.90 Å². The van der Waals surface area contributed by atoms with Crippen LogP contribution in [0.25, 0.3) is 27.9 Å². The van der Waals surface area contributed by atoms with Crippen LogP contribution in [-0.2, 0) is 17.4 Å². The Morgan fingerprint density at radius 3 is 2.44 bits per heavy atom. The number of halogens is 1. The van der Waals surface area contributed by atoms with Crippen molar-refractivity contribution in [2.75, 3.05) is 5.32 Å². The van der Waals surface area contributed by atoms with Crippen molar-refractivity contribution in [1.29, 1.82) is 0 Å². The number of amides is 1. The van der Waals surface area contributed by atoms with Gasteiger partial charge in [0.2, 0.25) is 0 Å². The first-order valence-electron chi connectivity index (χ1n) is 10.7. The first kappa shape index (κ1) is 21.9. The van der Waals surface area contributed by atoms with E-state index in [0.29, 0.717) is 16.3 Å². The van der Waals surface area contributed by atoms with E-state index >= 15 is 0 Å².